The number of carbonyl (C=O) groups is 3. The number of ketones is 1. The van der Waals surface area contributed by atoms with Gasteiger partial charge in [-0.3, -0.25) is 19.4 Å². The summed E-state index contributed by atoms with van der Waals surface area (Å²) in [6.07, 6.45) is 0.471. The van der Waals surface area contributed by atoms with Gasteiger partial charge in [-0.2, -0.15) is 0 Å². The lowest BCUT2D eigenvalue weighted by Gasteiger charge is -2.11. The van der Waals surface area contributed by atoms with E-state index in [1.54, 1.807) is 19.9 Å². The Bertz CT molecular complexity index is 1100. The van der Waals surface area contributed by atoms with Crippen molar-refractivity contribution in [3.63, 3.8) is 0 Å². The van der Waals surface area contributed by atoms with Crippen LogP contribution < -0.4 is 16.3 Å². The van der Waals surface area contributed by atoms with Crippen molar-refractivity contribution >= 4 is 40.4 Å². The minimum absolute atomic E-state index is 0.0134. The molecule has 2 aromatic rings. The van der Waals surface area contributed by atoms with Gasteiger partial charge in [0.2, 0.25) is 11.8 Å². The summed E-state index contributed by atoms with van der Waals surface area (Å²) in [4.78, 5) is 51.7. The van der Waals surface area contributed by atoms with Crippen molar-refractivity contribution in [2.24, 2.45) is 4.99 Å². The molecule has 4 N–H and O–H groups in total. The number of hydrogen-bond acceptors (Lipinski definition) is 8. The second-order valence-corrected chi connectivity index (χ2v) is 6.62. The minimum Gasteiger partial charge on any atom is -0.506 e. The first-order valence-corrected chi connectivity index (χ1v) is 9.47. The summed E-state index contributed by atoms with van der Waals surface area (Å²) in [5, 5.41) is 25.3. The molecule has 0 aliphatic carbocycles. The molecule has 0 unspecified atom stereocenters. The molecule has 0 atom stereocenters. The molecule has 10 nitrogen and oxygen atoms in total. The van der Waals surface area contributed by atoms with E-state index >= 15 is 0 Å². The SMILES string of the molecule is CCC(=O)Nc1cc(N=C(C)c2c(O)c(C(C)=O)c(O)oc2=O)cc(NC(=O)CC)c1. The number of nitrogens with zero attached hydrogens (tertiary/aromatic N) is 1. The van der Waals surface area contributed by atoms with Gasteiger partial charge in [-0.25, -0.2) is 4.79 Å². The van der Waals surface area contributed by atoms with E-state index in [4.69, 9.17) is 0 Å². The first-order valence-electron chi connectivity index (χ1n) is 9.47. The van der Waals surface area contributed by atoms with Gasteiger partial charge in [0, 0.05) is 24.2 Å². The van der Waals surface area contributed by atoms with E-state index in [-0.39, 0.29) is 36.1 Å². The zero-order valence-electron chi connectivity index (χ0n) is 17.5. The summed E-state index contributed by atoms with van der Waals surface area (Å²) in [5.41, 5.74) is -1.07. The molecule has 2 amide bonds. The highest BCUT2D eigenvalue weighted by molar-refractivity contribution is 6.07. The van der Waals surface area contributed by atoms with Gasteiger partial charge in [0.25, 0.3) is 5.95 Å². The summed E-state index contributed by atoms with van der Waals surface area (Å²) < 4.78 is 4.65. The summed E-state index contributed by atoms with van der Waals surface area (Å²) in [7, 11) is 0. The molecule has 0 radical (unpaired) electrons. The average Bonchev–Trinajstić information content (AvgIpc) is 2.66. The molecule has 0 fully saturated rings. The molecule has 0 aliphatic rings. The Morgan fingerprint density at radius 3 is 1.90 bits per heavy atom. The van der Waals surface area contributed by atoms with Crippen LogP contribution in [0.25, 0.3) is 0 Å². The molecule has 0 spiro atoms. The highest BCUT2D eigenvalue weighted by Gasteiger charge is 2.24. The van der Waals surface area contributed by atoms with E-state index in [0.29, 0.717) is 11.4 Å². The van der Waals surface area contributed by atoms with Gasteiger partial charge in [-0.15, -0.1) is 0 Å². The molecule has 164 valence electrons. The topological polar surface area (TPSA) is 158 Å². The number of hydrogen-bond donors (Lipinski definition) is 4. The highest BCUT2D eigenvalue weighted by Crippen LogP contribution is 2.31. The predicted octanol–water partition coefficient (Wildman–Crippen LogP) is 3.09. The summed E-state index contributed by atoms with van der Waals surface area (Å²) in [5.74, 6) is -2.96. The van der Waals surface area contributed by atoms with Crippen LogP contribution in [0.1, 0.15) is 56.5 Å². The number of aliphatic imine (C=N–C) groups is 1. The number of anilines is 2. The number of benzene rings is 1. The molecule has 10 heteroatoms. The molecular weight excluding hydrogens is 406 g/mol. The van der Waals surface area contributed by atoms with Crippen LogP contribution in [0.4, 0.5) is 17.1 Å². The summed E-state index contributed by atoms with van der Waals surface area (Å²) in [6.45, 7) is 5.85. The zero-order valence-corrected chi connectivity index (χ0v) is 17.5. The summed E-state index contributed by atoms with van der Waals surface area (Å²) in [6, 6.07) is 4.56. The van der Waals surface area contributed by atoms with Crippen molar-refractivity contribution in [1.82, 2.24) is 0 Å². The lowest BCUT2D eigenvalue weighted by atomic mass is 10.1. The van der Waals surface area contributed by atoms with Crippen molar-refractivity contribution < 1.29 is 29.0 Å². The van der Waals surface area contributed by atoms with Crippen molar-refractivity contribution in [2.75, 3.05) is 10.6 Å². The molecule has 0 aliphatic heterocycles. The number of carbonyl (C=O) groups excluding carboxylic acids is 3. The van der Waals surface area contributed by atoms with E-state index in [1.165, 1.54) is 19.1 Å². The van der Waals surface area contributed by atoms with Crippen LogP contribution in [-0.4, -0.2) is 33.5 Å². The molecule has 0 bridgehead atoms. The highest BCUT2D eigenvalue weighted by atomic mass is 16.5. The van der Waals surface area contributed by atoms with Gasteiger partial charge >= 0.3 is 5.63 Å². The largest absolute Gasteiger partial charge is 0.506 e. The predicted molar refractivity (Wildman–Crippen MR) is 114 cm³/mol. The Balaban J connectivity index is 2.61. The maximum absolute atomic E-state index is 12.2. The fourth-order valence-electron chi connectivity index (χ4n) is 2.72. The number of amides is 2. The van der Waals surface area contributed by atoms with Crippen LogP contribution in [0.3, 0.4) is 0 Å². The van der Waals surface area contributed by atoms with Gasteiger partial charge in [-0.05, 0) is 32.0 Å². The molecule has 1 heterocycles. The third kappa shape index (κ3) is 5.56. The van der Waals surface area contributed by atoms with E-state index in [0.717, 1.165) is 6.92 Å². The van der Waals surface area contributed by atoms with Gasteiger partial charge in [0.1, 0.15) is 16.9 Å². The molecule has 0 saturated heterocycles. The van der Waals surface area contributed by atoms with Gasteiger partial charge in [-0.1, -0.05) is 13.8 Å². The van der Waals surface area contributed by atoms with Crippen LogP contribution in [0.15, 0.2) is 32.4 Å². The molecule has 2 rings (SSSR count). The van der Waals surface area contributed by atoms with Gasteiger partial charge in [0.15, 0.2) is 5.78 Å². The lowest BCUT2D eigenvalue weighted by Crippen LogP contribution is -2.15. The monoisotopic (exact) mass is 429 g/mol. The Labute approximate surface area is 177 Å². The Morgan fingerprint density at radius 2 is 1.45 bits per heavy atom. The normalized spacial score (nSPS) is 11.2. The maximum Gasteiger partial charge on any atom is 0.351 e. The second-order valence-electron chi connectivity index (χ2n) is 6.62. The van der Waals surface area contributed by atoms with Crippen LogP contribution in [0.2, 0.25) is 0 Å². The standard InChI is InChI=1S/C21H23N3O7/c1-5-15(26)23-13-7-12(8-14(9-13)24-16(27)6-2)22-10(3)17-19(28)18(11(4)25)21(30)31-20(17)29/h7-9,28,30H,5-6H2,1-4H3,(H,23,26)(H,24,27). The van der Waals surface area contributed by atoms with Crippen molar-refractivity contribution in [3.05, 3.63) is 39.7 Å². The Hall–Kier alpha value is -3.95. The zero-order chi connectivity index (χ0) is 23.3. The van der Waals surface area contributed by atoms with Crippen molar-refractivity contribution in [2.45, 2.75) is 40.5 Å². The maximum atomic E-state index is 12.2. The van der Waals surface area contributed by atoms with Crippen molar-refractivity contribution in [1.29, 1.82) is 0 Å². The van der Waals surface area contributed by atoms with Crippen LogP contribution >= 0.6 is 0 Å². The molecule has 1 aromatic carbocycles. The van der Waals surface area contributed by atoms with Crippen LogP contribution in [0, 0.1) is 0 Å². The number of nitrogens with one attached hydrogen (secondary N) is 2. The fourth-order valence-corrected chi connectivity index (χ4v) is 2.72. The number of rotatable bonds is 7. The lowest BCUT2D eigenvalue weighted by molar-refractivity contribution is -0.116. The van der Waals surface area contributed by atoms with E-state index in [2.05, 4.69) is 20.0 Å². The van der Waals surface area contributed by atoms with E-state index in [9.17, 15) is 29.4 Å². The molecule has 0 saturated carbocycles. The van der Waals surface area contributed by atoms with Crippen molar-refractivity contribution in [3.8, 4) is 11.7 Å². The molecule has 31 heavy (non-hydrogen) atoms. The second kappa shape index (κ2) is 9.70. The van der Waals surface area contributed by atoms with E-state index in [1.807, 2.05) is 0 Å². The van der Waals surface area contributed by atoms with Crippen LogP contribution in [-0.2, 0) is 9.59 Å². The fraction of sp³-hybridized carbons (Fsp3) is 0.286. The first-order chi connectivity index (χ1) is 14.6. The minimum atomic E-state index is -1.09. The Kier molecular flexibility index (Phi) is 7.30. The first kappa shape index (κ1) is 23.3. The number of aromatic hydroxyl groups is 2. The average molecular weight is 429 g/mol. The van der Waals surface area contributed by atoms with Gasteiger partial charge in [0.05, 0.1) is 11.4 Å². The smallest absolute Gasteiger partial charge is 0.351 e. The Morgan fingerprint density at radius 1 is 0.935 bits per heavy atom. The van der Waals surface area contributed by atoms with E-state index < -0.39 is 34.2 Å². The molecular formula is C21H23N3O7. The third-order valence-corrected chi connectivity index (χ3v) is 4.22. The quantitative estimate of drug-likeness (QED) is 0.389. The van der Waals surface area contributed by atoms with Gasteiger partial charge < -0.3 is 25.3 Å². The number of Topliss-reactive ketones (excluding diaryl/α,β-unsaturated/α-hetero) is 1. The third-order valence-electron chi connectivity index (χ3n) is 4.22. The van der Waals surface area contributed by atoms with Crippen LogP contribution in [0.5, 0.6) is 11.7 Å². The molecule has 1 aromatic heterocycles. The summed E-state index contributed by atoms with van der Waals surface area (Å²) >= 11 is 0.